The number of fused-ring (bicyclic) bond motifs is 1. The summed E-state index contributed by atoms with van der Waals surface area (Å²) in [7, 11) is 0. The highest BCUT2D eigenvalue weighted by molar-refractivity contribution is 5.92. The summed E-state index contributed by atoms with van der Waals surface area (Å²) in [6.07, 6.45) is 4.46. The van der Waals surface area contributed by atoms with Gasteiger partial charge >= 0.3 is 0 Å². The maximum atomic E-state index is 12.6. The highest BCUT2D eigenvalue weighted by Crippen LogP contribution is 2.24. The summed E-state index contributed by atoms with van der Waals surface area (Å²) in [4.78, 5) is 34.2. The molecule has 1 aliphatic heterocycles. The molecule has 0 bridgehead atoms. The normalized spacial score (nSPS) is 16.9. The number of piperidine rings is 1. The number of hydrogen-bond donors (Lipinski definition) is 1. The van der Waals surface area contributed by atoms with Crippen LogP contribution in [0.15, 0.2) is 47.2 Å². The van der Waals surface area contributed by atoms with E-state index in [1.807, 2.05) is 30.3 Å². The van der Waals surface area contributed by atoms with E-state index in [-0.39, 0.29) is 30.0 Å². The first-order chi connectivity index (χ1) is 13.6. The molecule has 2 N–H and O–H groups in total. The second-order valence-electron chi connectivity index (χ2n) is 6.74. The van der Waals surface area contributed by atoms with Crippen LogP contribution in [0.25, 0.3) is 10.9 Å². The van der Waals surface area contributed by atoms with Gasteiger partial charge in [-0.1, -0.05) is 18.2 Å². The molecule has 1 aliphatic rings. The van der Waals surface area contributed by atoms with E-state index in [4.69, 9.17) is 14.9 Å². The standard InChI is InChI=1S/C20H20N4O4/c21-19(25)14-6-3-9-24(10-14)20(26)15-11-28-17(23-15)12-27-16-7-1-4-13-5-2-8-22-18(13)16/h1-2,4-5,7-8,11,14H,3,6,9-10,12H2,(H2,21,25)/t14-/m1/s1. The Bertz CT molecular complexity index is 1010. The van der Waals surface area contributed by atoms with Crippen molar-refractivity contribution in [2.75, 3.05) is 13.1 Å². The first kappa shape index (κ1) is 18.0. The fourth-order valence-electron chi connectivity index (χ4n) is 3.36. The zero-order valence-electron chi connectivity index (χ0n) is 15.2. The molecule has 1 saturated heterocycles. The van der Waals surface area contributed by atoms with E-state index >= 15 is 0 Å². The van der Waals surface area contributed by atoms with Crippen LogP contribution in [0, 0.1) is 5.92 Å². The molecule has 8 heteroatoms. The number of carbonyl (C=O) groups is 2. The van der Waals surface area contributed by atoms with Gasteiger partial charge < -0.3 is 19.8 Å². The van der Waals surface area contributed by atoms with Crippen molar-refractivity contribution in [2.45, 2.75) is 19.4 Å². The zero-order chi connectivity index (χ0) is 19.5. The van der Waals surface area contributed by atoms with E-state index in [0.29, 0.717) is 31.2 Å². The van der Waals surface area contributed by atoms with Gasteiger partial charge in [0, 0.05) is 24.7 Å². The number of nitrogens with zero attached hydrogens (tertiary/aromatic N) is 3. The first-order valence-corrected chi connectivity index (χ1v) is 9.11. The number of likely N-dealkylation sites (tertiary alicyclic amines) is 1. The fourth-order valence-corrected chi connectivity index (χ4v) is 3.36. The number of aromatic nitrogens is 2. The smallest absolute Gasteiger partial charge is 0.275 e. The minimum Gasteiger partial charge on any atom is -0.482 e. The monoisotopic (exact) mass is 380 g/mol. The number of amides is 2. The lowest BCUT2D eigenvalue weighted by Crippen LogP contribution is -2.44. The Morgan fingerprint density at radius 1 is 1.29 bits per heavy atom. The first-order valence-electron chi connectivity index (χ1n) is 9.11. The number of ether oxygens (including phenoxy) is 1. The molecule has 3 aromatic rings. The average Bonchev–Trinajstić information content (AvgIpc) is 3.20. The van der Waals surface area contributed by atoms with Crippen LogP contribution in [0.1, 0.15) is 29.2 Å². The molecule has 0 aliphatic carbocycles. The predicted molar refractivity (Wildman–Crippen MR) is 100 cm³/mol. The summed E-state index contributed by atoms with van der Waals surface area (Å²) < 4.78 is 11.2. The Labute approximate surface area is 161 Å². The molecule has 3 heterocycles. The Morgan fingerprint density at radius 2 is 2.14 bits per heavy atom. The Hall–Kier alpha value is -3.42. The third-order valence-corrected chi connectivity index (χ3v) is 4.83. The summed E-state index contributed by atoms with van der Waals surface area (Å²) in [5, 5.41) is 0.970. The number of carbonyl (C=O) groups excluding carboxylic acids is 2. The van der Waals surface area contributed by atoms with Crippen molar-refractivity contribution in [2.24, 2.45) is 11.7 Å². The molecule has 8 nitrogen and oxygen atoms in total. The molecule has 0 radical (unpaired) electrons. The molecular formula is C20H20N4O4. The van der Waals surface area contributed by atoms with Gasteiger partial charge in [-0.3, -0.25) is 14.6 Å². The largest absolute Gasteiger partial charge is 0.482 e. The second kappa shape index (κ2) is 7.67. The average molecular weight is 380 g/mol. The second-order valence-corrected chi connectivity index (χ2v) is 6.74. The Morgan fingerprint density at radius 3 is 3.00 bits per heavy atom. The van der Waals surface area contributed by atoms with E-state index in [0.717, 1.165) is 17.3 Å². The van der Waals surface area contributed by atoms with Crippen molar-refractivity contribution in [1.82, 2.24) is 14.9 Å². The van der Waals surface area contributed by atoms with Crippen molar-refractivity contribution >= 4 is 22.7 Å². The summed E-state index contributed by atoms with van der Waals surface area (Å²) in [6.45, 7) is 0.963. The van der Waals surface area contributed by atoms with Gasteiger partial charge in [-0.05, 0) is 25.0 Å². The maximum absolute atomic E-state index is 12.6. The summed E-state index contributed by atoms with van der Waals surface area (Å²) in [5.41, 5.74) is 6.32. The topological polar surface area (TPSA) is 112 Å². The lowest BCUT2D eigenvalue weighted by Gasteiger charge is -2.30. The number of para-hydroxylation sites is 1. The SMILES string of the molecule is NC(=O)[C@@H]1CCCN(C(=O)c2coc(COc3cccc4cccnc34)n2)C1. The van der Waals surface area contributed by atoms with Crippen molar-refractivity contribution in [3.8, 4) is 5.75 Å². The van der Waals surface area contributed by atoms with Gasteiger partial charge in [-0.25, -0.2) is 4.98 Å². The number of pyridine rings is 1. The van der Waals surface area contributed by atoms with E-state index in [1.54, 1.807) is 11.1 Å². The van der Waals surface area contributed by atoms with Crippen LogP contribution in [0.5, 0.6) is 5.75 Å². The van der Waals surface area contributed by atoms with Crippen LogP contribution < -0.4 is 10.5 Å². The molecule has 1 aromatic carbocycles. The summed E-state index contributed by atoms with van der Waals surface area (Å²) in [6, 6.07) is 9.48. The van der Waals surface area contributed by atoms with Gasteiger partial charge in [-0.15, -0.1) is 0 Å². The number of benzene rings is 1. The van der Waals surface area contributed by atoms with Gasteiger partial charge in [0.1, 0.15) is 17.5 Å². The molecule has 2 amide bonds. The number of rotatable bonds is 5. The Balaban J connectivity index is 1.43. The fraction of sp³-hybridized carbons (Fsp3) is 0.300. The molecule has 4 rings (SSSR count). The molecule has 1 atom stereocenters. The lowest BCUT2D eigenvalue weighted by molar-refractivity contribution is -0.123. The van der Waals surface area contributed by atoms with Gasteiger partial charge in [0.05, 0.1) is 5.92 Å². The predicted octanol–water partition coefficient (Wildman–Crippen LogP) is 2.14. The van der Waals surface area contributed by atoms with Crippen molar-refractivity contribution in [3.05, 3.63) is 54.4 Å². The third kappa shape index (κ3) is 3.66. The van der Waals surface area contributed by atoms with Crippen molar-refractivity contribution < 1.29 is 18.7 Å². The molecule has 1 fully saturated rings. The third-order valence-electron chi connectivity index (χ3n) is 4.83. The van der Waals surface area contributed by atoms with Gasteiger partial charge in [0.2, 0.25) is 11.8 Å². The minimum atomic E-state index is -0.379. The van der Waals surface area contributed by atoms with Crippen LogP contribution in [-0.2, 0) is 11.4 Å². The van der Waals surface area contributed by atoms with Crippen LogP contribution in [0.3, 0.4) is 0 Å². The summed E-state index contributed by atoms with van der Waals surface area (Å²) in [5.74, 6) is -0.0567. The van der Waals surface area contributed by atoms with E-state index in [2.05, 4.69) is 9.97 Å². The highest BCUT2D eigenvalue weighted by atomic mass is 16.5. The molecule has 0 saturated carbocycles. The number of nitrogens with two attached hydrogens (primary N) is 1. The van der Waals surface area contributed by atoms with Gasteiger partial charge in [0.25, 0.3) is 5.91 Å². The molecule has 28 heavy (non-hydrogen) atoms. The van der Waals surface area contributed by atoms with Crippen molar-refractivity contribution in [3.63, 3.8) is 0 Å². The van der Waals surface area contributed by atoms with Gasteiger partial charge in [-0.2, -0.15) is 0 Å². The molecule has 0 spiro atoms. The van der Waals surface area contributed by atoms with Crippen LogP contribution in [0.2, 0.25) is 0 Å². The quantitative estimate of drug-likeness (QED) is 0.726. The number of primary amides is 1. The van der Waals surface area contributed by atoms with Gasteiger partial charge in [0.15, 0.2) is 12.3 Å². The molecular weight excluding hydrogens is 360 g/mol. The number of oxazole rings is 1. The van der Waals surface area contributed by atoms with E-state index in [9.17, 15) is 9.59 Å². The lowest BCUT2D eigenvalue weighted by atomic mass is 9.97. The maximum Gasteiger partial charge on any atom is 0.275 e. The molecule has 2 aromatic heterocycles. The number of hydrogen-bond acceptors (Lipinski definition) is 6. The summed E-state index contributed by atoms with van der Waals surface area (Å²) >= 11 is 0. The Kier molecular flexibility index (Phi) is 4.92. The van der Waals surface area contributed by atoms with E-state index in [1.165, 1.54) is 6.26 Å². The van der Waals surface area contributed by atoms with Crippen LogP contribution in [-0.4, -0.2) is 39.8 Å². The van der Waals surface area contributed by atoms with Crippen molar-refractivity contribution in [1.29, 1.82) is 0 Å². The minimum absolute atomic E-state index is 0.0763. The molecule has 144 valence electrons. The van der Waals surface area contributed by atoms with E-state index < -0.39 is 0 Å². The van der Waals surface area contributed by atoms with Crippen LogP contribution in [0.4, 0.5) is 0 Å². The molecule has 0 unspecified atom stereocenters. The van der Waals surface area contributed by atoms with Crippen LogP contribution >= 0.6 is 0 Å². The highest BCUT2D eigenvalue weighted by Gasteiger charge is 2.29. The zero-order valence-corrected chi connectivity index (χ0v) is 15.2.